The summed E-state index contributed by atoms with van der Waals surface area (Å²) >= 11 is 5.79. The first-order valence-electron chi connectivity index (χ1n) is 5.28. The third-order valence-electron chi connectivity index (χ3n) is 2.26. The molecule has 15 heavy (non-hydrogen) atoms. The van der Waals surface area contributed by atoms with E-state index in [0.717, 1.165) is 30.0 Å². The first-order chi connectivity index (χ1) is 7.22. The predicted molar refractivity (Wildman–Crippen MR) is 64.0 cm³/mol. The molecule has 0 saturated carbocycles. The average molecular weight is 228 g/mol. The fraction of sp³-hybridized carbons (Fsp3) is 0.500. The van der Waals surface area contributed by atoms with Crippen LogP contribution in [0, 0.1) is 0 Å². The van der Waals surface area contributed by atoms with E-state index >= 15 is 0 Å². The molecule has 0 aliphatic carbocycles. The van der Waals surface area contributed by atoms with E-state index in [1.54, 1.807) is 0 Å². The van der Waals surface area contributed by atoms with Gasteiger partial charge in [0.05, 0.1) is 12.7 Å². The zero-order valence-electron chi connectivity index (χ0n) is 9.08. The maximum Gasteiger partial charge on any atom is 0.0720 e. The molecule has 0 aromatic heterocycles. The molecule has 0 heterocycles. The van der Waals surface area contributed by atoms with Crippen LogP contribution in [0.3, 0.4) is 0 Å². The molecule has 84 valence electrons. The van der Waals surface area contributed by atoms with Crippen molar-refractivity contribution in [1.82, 2.24) is 0 Å². The number of benzene rings is 1. The second-order valence-corrected chi connectivity index (χ2v) is 4.12. The molecule has 1 aromatic carbocycles. The molecule has 3 heteroatoms. The third kappa shape index (κ3) is 5.17. The lowest BCUT2D eigenvalue weighted by atomic mass is 10.2. The van der Waals surface area contributed by atoms with Crippen molar-refractivity contribution in [3.63, 3.8) is 0 Å². The van der Waals surface area contributed by atoms with E-state index in [2.05, 4.69) is 6.92 Å². The Morgan fingerprint density at radius 2 is 2.00 bits per heavy atom. The molecule has 1 unspecified atom stereocenters. The molecule has 1 rings (SSSR count). The molecular weight excluding hydrogens is 210 g/mol. The maximum atomic E-state index is 5.79. The highest BCUT2D eigenvalue weighted by Crippen LogP contribution is 2.11. The molecule has 1 aromatic rings. The third-order valence-corrected chi connectivity index (χ3v) is 2.51. The van der Waals surface area contributed by atoms with Crippen LogP contribution in [-0.2, 0) is 11.3 Å². The first kappa shape index (κ1) is 12.5. The zero-order chi connectivity index (χ0) is 11.1. The van der Waals surface area contributed by atoms with Crippen molar-refractivity contribution in [2.24, 2.45) is 5.73 Å². The number of hydrogen-bond donors (Lipinski definition) is 1. The summed E-state index contributed by atoms with van der Waals surface area (Å²) in [5.74, 6) is 0. The number of halogens is 1. The number of rotatable bonds is 6. The molecule has 0 radical (unpaired) electrons. The lowest BCUT2D eigenvalue weighted by Crippen LogP contribution is -2.10. The van der Waals surface area contributed by atoms with Crippen molar-refractivity contribution < 1.29 is 4.74 Å². The first-order valence-corrected chi connectivity index (χ1v) is 5.66. The van der Waals surface area contributed by atoms with Crippen molar-refractivity contribution in [1.29, 1.82) is 0 Å². The second-order valence-electron chi connectivity index (χ2n) is 3.68. The Bertz CT molecular complexity index is 273. The quantitative estimate of drug-likeness (QED) is 0.811. The van der Waals surface area contributed by atoms with Gasteiger partial charge in [0.15, 0.2) is 0 Å². The summed E-state index contributed by atoms with van der Waals surface area (Å²) < 4.78 is 5.67. The van der Waals surface area contributed by atoms with E-state index in [-0.39, 0.29) is 6.10 Å². The Morgan fingerprint density at radius 1 is 1.33 bits per heavy atom. The van der Waals surface area contributed by atoms with E-state index in [1.165, 1.54) is 0 Å². The number of nitrogens with two attached hydrogens (primary N) is 1. The van der Waals surface area contributed by atoms with Crippen LogP contribution in [0.1, 0.15) is 25.3 Å². The summed E-state index contributed by atoms with van der Waals surface area (Å²) in [5, 5.41) is 0.759. The van der Waals surface area contributed by atoms with Gasteiger partial charge in [0.1, 0.15) is 0 Å². The van der Waals surface area contributed by atoms with E-state index < -0.39 is 0 Å². The molecule has 0 spiro atoms. The summed E-state index contributed by atoms with van der Waals surface area (Å²) in [7, 11) is 0. The normalized spacial score (nSPS) is 12.7. The van der Waals surface area contributed by atoms with Gasteiger partial charge in [-0.25, -0.2) is 0 Å². The van der Waals surface area contributed by atoms with Crippen molar-refractivity contribution >= 4 is 11.6 Å². The smallest absolute Gasteiger partial charge is 0.0720 e. The summed E-state index contributed by atoms with van der Waals surface area (Å²) in [6, 6.07) is 7.73. The summed E-state index contributed by atoms with van der Waals surface area (Å²) in [6.07, 6.45) is 2.30. The number of hydrogen-bond acceptors (Lipinski definition) is 2. The van der Waals surface area contributed by atoms with Gasteiger partial charge in [0, 0.05) is 5.02 Å². The van der Waals surface area contributed by atoms with Crippen molar-refractivity contribution in [2.45, 2.75) is 32.5 Å². The summed E-state index contributed by atoms with van der Waals surface area (Å²) in [5.41, 5.74) is 6.58. The van der Waals surface area contributed by atoms with Gasteiger partial charge in [-0.3, -0.25) is 0 Å². The monoisotopic (exact) mass is 227 g/mol. The van der Waals surface area contributed by atoms with E-state index in [9.17, 15) is 0 Å². The molecule has 0 fully saturated rings. The number of ether oxygens (including phenoxy) is 1. The highest BCUT2D eigenvalue weighted by atomic mass is 35.5. The minimum absolute atomic E-state index is 0.268. The van der Waals surface area contributed by atoms with Crippen molar-refractivity contribution in [3.8, 4) is 0 Å². The van der Waals surface area contributed by atoms with E-state index in [4.69, 9.17) is 22.1 Å². The van der Waals surface area contributed by atoms with E-state index in [1.807, 2.05) is 24.3 Å². The van der Waals surface area contributed by atoms with Crippen LogP contribution in [-0.4, -0.2) is 12.6 Å². The molecule has 0 amide bonds. The summed E-state index contributed by atoms with van der Waals surface area (Å²) in [4.78, 5) is 0. The van der Waals surface area contributed by atoms with Crippen LogP contribution in [0.2, 0.25) is 5.02 Å². The van der Waals surface area contributed by atoms with Gasteiger partial charge in [0.2, 0.25) is 0 Å². The Morgan fingerprint density at radius 3 is 2.60 bits per heavy atom. The Balaban J connectivity index is 2.27. The summed E-state index contributed by atoms with van der Waals surface area (Å²) in [6.45, 7) is 3.45. The van der Waals surface area contributed by atoms with Gasteiger partial charge < -0.3 is 10.5 Å². The predicted octanol–water partition coefficient (Wildman–Crippen LogP) is 2.98. The van der Waals surface area contributed by atoms with Crippen LogP contribution in [0.25, 0.3) is 0 Å². The van der Waals surface area contributed by atoms with Gasteiger partial charge >= 0.3 is 0 Å². The lowest BCUT2D eigenvalue weighted by Gasteiger charge is -2.12. The van der Waals surface area contributed by atoms with E-state index in [0.29, 0.717) is 6.61 Å². The topological polar surface area (TPSA) is 35.2 Å². The molecule has 2 N–H and O–H groups in total. The van der Waals surface area contributed by atoms with Crippen LogP contribution in [0.5, 0.6) is 0 Å². The molecule has 1 atom stereocenters. The van der Waals surface area contributed by atoms with Crippen LogP contribution >= 0.6 is 11.6 Å². The minimum Gasteiger partial charge on any atom is -0.374 e. The highest BCUT2D eigenvalue weighted by Gasteiger charge is 2.01. The molecule has 0 aliphatic rings. The van der Waals surface area contributed by atoms with Crippen molar-refractivity contribution in [3.05, 3.63) is 34.9 Å². The molecule has 0 aliphatic heterocycles. The standard InChI is InChI=1S/C12H18ClNO/c1-10(3-2-8-14)15-9-11-4-6-12(13)7-5-11/h4-7,10H,2-3,8-9,14H2,1H3. The minimum atomic E-state index is 0.268. The molecule has 0 bridgehead atoms. The largest absolute Gasteiger partial charge is 0.374 e. The van der Waals surface area contributed by atoms with Crippen molar-refractivity contribution in [2.75, 3.05) is 6.54 Å². The fourth-order valence-corrected chi connectivity index (χ4v) is 1.43. The SMILES string of the molecule is CC(CCCN)OCc1ccc(Cl)cc1. The van der Waals surface area contributed by atoms with Crippen LogP contribution < -0.4 is 5.73 Å². The van der Waals surface area contributed by atoms with Gasteiger partial charge in [-0.1, -0.05) is 23.7 Å². The zero-order valence-corrected chi connectivity index (χ0v) is 9.83. The molecular formula is C12H18ClNO. The highest BCUT2D eigenvalue weighted by molar-refractivity contribution is 6.30. The van der Waals surface area contributed by atoms with Crippen LogP contribution in [0.4, 0.5) is 0 Å². The van der Waals surface area contributed by atoms with Gasteiger partial charge in [-0.15, -0.1) is 0 Å². The second kappa shape index (κ2) is 6.83. The average Bonchev–Trinajstić information content (AvgIpc) is 2.25. The van der Waals surface area contributed by atoms with Gasteiger partial charge in [0.25, 0.3) is 0 Å². The Kier molecular flexibility index (Phi) is 5.69. The molecule has 0 saturated heterocycles. The Labute approximate surface area is 96.4 Å². The van der Waals surface area contributed by atoms with Gasteiger partial charge in [-0.2, -0.15) is 0 Å². The Hall–Kier alpha value is -0.570. The fourth-order valence-electron chi connectivity index (χ4n) is 1.31. The molecule has 2 nitrogen and oxygen atoms in total. The van der Waals surface area contributed by atoms with Gasteiger partial charge in [-0.05, 0) is 44.0 Å². The van der Waals surface area contributed by atoms with Crippen LogP contribution in [0.15, 0.2) is 24.3 Å². The lowest BCUT2D eigenvalue weighted by molar-refractivity contribution is 0.0467. The maximum absolute atomic E-state index is 5.79.